The molecule has 1 aliphatic rings. The van der Waals surface area contributed by atoms with E-state index in [-0.39, 0.29) is 0 Å². The lowest BCUT2D eigenvalue weighted by atomic mass is 9.83. The lowest BCUT2D eigenvalue weighted by molar-refractivity contribution is 0.176. The van der Waals surface area contributed by atoms with Gasteiger partial charge in [0.05, 0.1) is 6.54 Å². The van der Waals surface area contributed by atoms with E-state index in [4.69, 9.17) is 9.73 Å². The first-order valence-corrected chi connectivity index (χ1v) is 8.86. The fourth-order valence-corrected chi connectivity index (χ4v) is 3.20. The summed E-state index contributed by atoms with van der Waals surface area (Å²) in [6, 6.07) is 0.551. The summed E-state index contributed by atoms with van der Waals surface area (Å²) in [6.45, 7) is 5.56. The number of nitrogens with one attached hydrogen (secondary N) is 2. The Labute approximate surface area is 136 Å². The third-order valence-electron chi connectivity index (χ3n) is 4.46. The van der Waals surface area contributed by atoms with Gasteiger partial charge in [0.25, 0.3) is 0 Å². The molecule has 0 bridgehead atoms. The molecule has 1 unspecified atom stereocenters. The van der Waals surface area contributed by atoms with Crippen molar-refractivity contribution in [3.63, 3.8) is 0 Å². The normalized spacial score (nSPS) is 18.5. The second-order valence-electron chi connectivity index (χ2n) is 6.42. The maximum Gasteiger partial charge on any atom is 0.191 e. The summed E-state index contributed by atoms with van der Waals surface area (Å²) in [5, 5.41) is 6.73. The van der Waals surface area contributed by atoms with E-state index in [0.29, 0.717) is 6.04 Å². The van der Waals surface area contributed by atoms with E-state index in [1.54, 1.807) is 7.11 Å². The number of ether oxygens (including phenoxy) is 1. The van der Waals surface area contributed by atoms with Gasteiger partial charge in [-0.05, 0) is 46.2 Å². The average Bonchev–Trinajstić information content (AvgIpc) is 2.52. The smallest absolute Gasteiger partial charge is 0.191 e. The molecule has 22 heavy (non-hydrogen) atoms. The zero-order valence-corrected chi connectivity index (χ0v) is 15.0. The van der Waals surface area contributed by atoms with Gasteiger partial charge in [-0.25, -0.2) is 0 Å². The number of nitrogens with zero attached hydrogens (tertiary/aromatic N) is 2. The third kappa shape index (κ3) is 7.45. The van der Waals surface area contributed by atoms with Gasteiger partial charge in [0, 0.05) is 32.8 Å². The number of likely N-dealkylation sites (N-methyl/N-ethyl adjacent to an activating group) is 1. The van der Waals surface area contributed by atoms with E-state index in [9.17, 15) is 0 Å². The highest BCUT2D eigenvalue weighted by Crippen LogP contribution is 2.28. The Hall–Kier alpha value is -0.810. The molecule has 5 nitrogen and oxygen atoms in total. The Morgan fingerprint density at radius 1 is 1.23 bits per heavy atom. The van der Waals surface area contributed by atoms with Crippen molar-refractivity contribution in [3.8, 4) is 0 Å². The van der Waals surface area contributed by atoms with Crippen LogP contribution in [0.5, 0.6) is 0 Å². The van der Waals surface area contributed by atoms with E-state index in [2.05, 4.69) is 36.6 Å². The molecule has 1 atom stereocenters. The van der Waals surface area contributed by atoms with Crippen molar-refractivity contribution >= 4 is 5.96 Å². The Morgan fingerprint density at radius 3 is 2.55 bits per heavy atom. The first-order valence-electron chi connectivity index (χ1n) is 8.86. The predicted octanol–water partition coefficient (Wildman–Crippen LogP) is 2.09. The Bertz CT molecular complexity index is 301. The topological polar surface area (TPSA) is 48.9 Å². The van der Waals surface area contributed by atoms with Gasteiger partial charge in [-0.2, -0.15) is 0 Å². The summed E-state index contributed by atoms with van der Waals surface area (Å²) in [5.41, 5.74) is 0. The summed E-state index contributed by atoms with van der Waals surface area (Å²) in [7, 11) is 6.12. The number of hydrogen-bond acceptors (Lipinski definition) is 3. The lowest BCUT2D eigenvalue weighted by Crippen LogP contribution is -2.42. The monoisotopic (exact) mass is 312 g/mol. The molecule has 0 saturated heterocycles. The van der Waals surface area contributed by atoms with Gasteiger partial charge in [-0.3, -0.25) is 4.99 Å². The fraction of sp³-hybridized carbons (Fsp3) is 0.941. The van der Waals surface area contributed by atoms with Gasteiger partial charge in [-0.15, -0.1) is 0 Å². The van der Waals surface area contributed by atoms with Crippen molar-refractivity contribution in [1.29, 1.82) is 0 Å². The van der Waals surface area contributed by atoms with Crippen LogP contribution >= 0.6 is 0 Å². The van der Waals surface area contributed by atoms with Gasteiger partial charge in [0.1, 0.15) is 0 Å². The molecule has 2 N–H and O–H groups in total. The largest absolute Gasteiger partial charge is 0.385 e. The van der Waals surface area contributed by atoms with Crippen LogP contribution in [0.1, 0.15) is 45.4 Å². The summed E-state index contributed by atoms with van der Waals surface area (Å²) in [5.74, 6) is 1.73. The highest BCUT2D eigenvalue weighted by atomic mass is 16.5. The van der Waals surface area contributed by atoms with Crippen LogP contribution in [-0.4, -0.2) is 64.3 Å². The minimum atomic E-state index is 0.551. The van der Waals surface area contributed by atoms with Gasteiger partial charge in [-0.1, -0.05) is 19.3 Å². The second-order valence-corrected chi connectivity index (χ2v) is 6.42. The van der Waals surface area contributed by atoms with Crippen molar-refractivity contribution in [2.45, 2.75) is 51.5 Å². The minimum Gasteiger partial charge on any atom is -0.385 e. The van der Waals surface area contributed by atoms with Crippen molar-refractivity contribution in [1.82, 2.24) is 15.5 Å². The highest BCUT2D eigenvalue weighted by molar-refractivity contribution is 5.79. The molecule has 1 rings (SSSR count). The molecule has 5 heteroatoms. The van der Waals surface area contributed by atoms with Gasteiger partial charge in [0.2, 0.25) is 0 Å². The maximum atomic E-state index is 5.09. The summed E-state index contributed by atoms with van der Waals surface area (Å²) < 4.78 is 5.09. The van der Waals surface area contributed by atoms with Crippen LogP contribution in [0.4, 0.5) is 0 Å². The molecular weight excluding hydrogens is 276 g/mol. The van der Waals surface area contributed by atoms with E-state index in [0.717, 1.165) is 44.5 Å². The standard InChI is InChI=1S/C17H36N4O/c1-5-18-17(19-12-9-13-22-4)20-14-16(21(2)3)15-10-7-6-8-11-15/h15-16H,5-14H2,1-4H3,(H2,18,19,20). The molecule has 0 aliphatic heterocycles. The predicted molar refractivity (Wildman–Crippen MR) is 94.5 cm³/mol. The molecule has 0 aromatic carbocycles. The summed E-state index contributed by atoms with van der Waals surface area (Å²) in [6.07, 6.45) is 7.89. The highest BCUT2D eigenvalue weighted by Gasteiger charge is 2.25. The Balaban J connectivity index is 2.51. The van der Waals surface area contributed by atoms with Crippen LogP contribution in [-0.2, 0) is 4.74 Å². The zero-order chi connectivity index (χ0) is 16.2. The second kappa shape index (κ2) is 11.7. The Morgan fingerprint density at radius 2 is 1.95 bits per heavy atom. The van der Waals surface area contributed by atoms with E-state index in [1.165, 1.54) is 32.1 Å². The maximum absolute atomic E-state index is 5.09. The van der Waals surface area contributed by atoms with Gasteiger partial charge < -0.3 is 20.3 Å². The van der Waals surface area contributed by atoms with Crippen LogP contribution in [0, 0.1) is 5.92 Å². The van der Waals surface area contributed by atoms with Crippen LogP contribution in [0.25, 0.3) is 0 Å². The SMILES string of the molecule is CCNC(=NCC(C1CCCCC1)N(C)C)NCCCOC. The number of methoxy groups -OCH3 is 1. The molecular formula is C17H36N4O. The van der Waals surface area contributed by atoms with Crippen molar-refractivity contribution < 1.29 is 4.74 Å². The van der Waals surface area contributed by atoms with Crippen LogP contribution in [0.15, 0.2) is 4.99 Å². The lowest BCUT2D eigenvalue weighted by Gasteiger charge is -2.34. The molecule has 0 aromatic rings. The number of aliphatic imine (C=N–C) groups is 1. The molecule has 0 aromatic heterocycles. The van der Waals surface area contributed by atoms with Crippen molar-refractivity contribution in [2.24, 2.45) is 10.9 Å². The van der Waals surface area contributed by atoms with Crippen molar-refractivity contribution in [3.05, 3.63) is 0 Å². The van der Waals surface area contributed by atoms with Crippen LogP contribution in [0.2, 0.25) is 0 Å². The summed E-state index contributed by atoms with van der Waals surface area (Å²) in [4.78, 5) is 7.17. The number of rotatable bonds is 9. The van der Waals surface area contributed by atoms with E-state index >= 15 is 0 Å². The average molecular weight is 313 g/mol. The first-order chi connectivity index (χ1) is 10.7. The fourth-order valence-electron chi connectivity index (χ4n) is 3.20. The molecule has 0 heterocycles. The number of guanidine groups is 1. The molecule has 130 valence electrons. The third-order valence-corrected chi connectivity index (χ3v) is 4.46. The molecule has 0 radical (unpaired) electrons. The van der Waals surface area contributed by atoms with Gasteiger partial charge in [0.15, 0.2) is 5.96 Å². The van der Waals surface area contributed by atoms with E-state index in [1.807, 2.05) is 0 Å². The quantitative estimate of drug-likeness (QED) is 0.389. The summed E-state index contributed by atoms with van der Waals surface area (Å²) >= 11 is 0. The van der Waals surface area contributed by atoms with Gasteiger partial charge >= 0.3 is 0 Å². The van der Waals surface area contributed by atoms with Crippen molar-refractivity contribution in [2.75, 3.05) is 47.4 Å². The molecule has 0 spiro atoms. The van der Waals surface area contributed by atoms with E-state index < -0.39 is 0 Å². The molecule has 1 aliphatic carbocycles. The molecule has 1 saturated carbocycles. The zero-order valence-electron chi connectivity index (χ0n) is 15.0. The molecule has 1 fully saturated rings. The minimum absolute atomic E-state index is 0.551. The van der Waals surface area contributed by atoms with Crippen LogP contribution in [0.3, 0.4) is 0 Å². The van der Waals surface area contributed by atoms with Crippen LogP contribution < -0.4 is 10.6 Å². The number of hydrogen-bond donors (Lipinski definition) is 2. The molecule has 0 amide bonds. The first kappa shape index (κ1) is 19.2. The Kier molecular flexibility index (Phi) is 10.2.